The normalized spacial score (nSPS) is 11.1. The second-order valence-electron chi connectivity index (χ2n) is 17.4. The van der Waals surface area contributed by atoms with Crippen molar-refractivity contribution in [3.63, 3.8) is 0 Å². The van der Waals surface area contributed by atoms with Crippen LogP contribution < -0.4 is 9.80 Å². The molecule has 330 valence electrons. The van der Waals surface area contributed by atoms with Gasteiger partial charge in [-0.05, 0) is 139 Å². The van der Waals surface area contributed by atoms with E-state index in [4.69, 9.17) is 0 Å². The monoisotopic (exact) mass is 876 g/mol. The first kappa shape index (κ1) is 44.7. The Morgan fingerprint density at radius 2 is 0.559 bits per heavy atom. The summed E-state index contributed by atoms with van der Waals surface area (Å²) in [5.41, 5.74) is 20.9. The summed E-state index contributed by atoms with van der Waals surface area (Å²) in [6, 6.07) is 82.8. The van der Waals surface area contributed by atoms with Crippen LogP contribution in [-0.4, -0.2) is 0 Å². The molecule has 0 aliphatic heterocycles. The SMILES string of the molecule is Cc1ccc(C(=CC=Cc2ccc(N(c3ccccc3)c3cccc(N(c4ccccc4)c4ccc(C=CC=C(c5ccc(C)cc5)c5ccc(C)cc5)cc4)c3)cc2)c2ccc(C)cc2)cc1. The van der Waals surface area contributed by atoms with Gasteiger partial charge in [0, 0.05) is 34.1 Å². The Balaban J connectivity index is 1.00. The van der Waals surface area contributed by atoms with Gasteiger partial charge in [0.25, 0.3) is 0 Å². The van der Waals surface area contributed by atoms with Crippen molar-refractivity contribution in [2.45, 2.75) is 27.7 Å². The average Bonchev–Trinajstić information content (AvgIpc) is 3.38. The van der Waals surface area contributed by atoms with Gasteiger partial charge in [0.1, 0.15) is 0 Å². The molecule has 0 unspecified atom stereocenters. The minimum atomic E-state index is 1.06. The maximum Gasteiger partial charge on any atom is 0.0482 e. The first-order valence-electron chi connectivity index (χ1n) is 23.4. The third kappa shape index (κ3) is 11.0. The summed E-state index contributed by atoms with van der Waals surface area (Å²) in [6.07, 6.45) is 13.1. The minimum absolute atomic E-state index is 1.06. The number of anilines is 6. The molecule has 0 saturated carbocycles. The average molecular weight is 877 g/mol. The molecule has 0 saturated heterocycles. The summed E-state index contributed by atoms with van der Waals surface area (Å²) in [5.74, 6) is 0. The molecule has 0 radical (unpaired) electrons. The zero-order valence-corrected chi connectivity index (χ0v) is 39.3. The van der Waals surface area contributed by atoms with Gasteiger partial charge in [-0.2, -0.15) is 0 Å². The lowest BCUT2D eigenvalue weighted by Gasteiger charge is -2.29. The van der Waals surface area contributed by atoms with Crippen molar-refractivity contribution < 1.29 is 0 Å². The smallest absolute Gasteiger partial charge is 0.0482 e. The zero-order valence-electron chi connectivity index (χ0n) is 39.3. The molecule has 2 heteroatoms. The van der Waals surface area contributed by atoms with Crippen LogP contribution in [0.25, 0.3) is 23.3 Å². The number of aryl methyl sites for hydroxylation is 4. The van der Waals surface area contributed by atoms with E-state index < -0.39 is 0 Å². The third-order valence-corrected chi connectivity index (χ3v) is 12.2. The quantitative estimate of drug-likeness (QED) is 0.100. The number of rotatable bonds is 14. The number of hydrogen-bond donors (Lipinski definition) is 0. The molecule has 68 heavy (non-hydrogen) atoms. The molecule has 0 fully saturated rings. The fraction of sp³-hybridized carbons (Fsp3) is 0.0606. The lowest BCUT2D eigenvalue weighted by Crippen LogP contribution is -2.13. The van der Waals surface area contributed by atoms with E-state index in [9.17, 15) is 0 Å². The van der Waals surface area contributed by atoms with Crippen molar-refractivity contribution in [2.24, 2.45) is 0 Å². The Labute approximate surface area is 403 Å². The van der Waals surface area contributed by atoms with E-state index in [1.807, 2.05) is 0 Å². The highest BCUT2D eigenvalue weighted by Gasteiger charge is 2.17. The van der Waals surface area contributed by atoms with Crippen LogP contribution in [0.5, 0.6) is 0 Å². The van der Waals surface area contributed by atoms with Gasteiger partial charge in [0.2, 0.25) is 0 Å². The minimum Gasteiger partial charge on any atom is -0.310 e. The number of allylic oxidation sites excluding steroid dienone is 4. The molecule has 9 aromatic carbocycles. The molecule has 0 aliphatic rings. The van der Waals surface area contributed by atoms with Gasteiger partial charge in [-0.25, -0.2) is 0 Å². The molecule has 0 bridgehead atoms. The molecule has 0 N–H and O–H groups in total. The van der Waals surface area contributed by atoms with Crippen molar-refractivity contribution in [3.05, 3.63) is 310 Å². The van der Waals surface area contributed by atoms with E-state index in [2.05, 4.69) is 304 Å². The first-order chi connectivity index (χ1) is 33.3. The maximum atomic E-state index is 2.33. The van der Waals surface area contributed by atoms with E-state index in [1.165, 1.54) is 55.7 Å². The molecule has 9 aromatic rings. The molecule has 9 rings (SSSR count). The molecule has 0 heterocycles. The lowest BCUT2D eigenvalue weighted by atomic mass is 9.96. The summed E-state index contributed by atoms with van der Waals surface area (Å²) >= 11 is 0. The van der Waals surface area contributed by atoms with Gasteiger partial charge in [0.05, 0.1) is 0 Å². The van der Waals surface area contributed by atoms with Crippen molar-refractivity contribution in [1.82, 2.24) is 0 Å². The van der Waals surface area contributed by atoms with Gasteiger partial charge in [-0.15, -0.1) is 0 Å². The van der Waals surface area contributed by atoms with Crippen molar-refractivity contribution in [1.29, 1.82) is 0 Å². The van der Waals surface area contributed by atoms with Gasteiger partial charge >= 0.3 is 0 Å². The topological polar surface area (TPSA) is 6.48 Å². The molecule has 0 spiro atoms. The van der Waals surface area contributed by atoms with Crippen LogP contribution >= 0.6 is 0 Å². The molecule has 2 nitrogen and oxygen atoms in total. The second-order valence-corrected chi connectivity index (χ2v) is 17.4. The van der Waals surface area contributed by atoms with Crippen LogP contribution in [0, 0.1) is 27.7 Å². The summed E-state index contributed by atoms with van der Waals surface area (Å²) in [5, 5.41) is 0. The summed E-state index contributed by atoms with van der Waals surface area (Å²) in [7, 11) is 0. The molecule has 0 amide bonds. The van der Waals surface area contributed by atoms with E-state index in [0.29, 0.717) is 0 Å². The zero-order chi connectivity index (χ0) is 46.7. The van der Waals surface area contributed by atoms with E-state index in [1.54, 1.807) is 0 Å². The Bertz CT molecular complexity index is 2860. The lowest BCUT2D eigenvalue weighted by molar-refractivity contribution is 1.25. The first-order valence-corrected chi connectivity index (χ1v) is 23.4. The van der Waals surface area contributed by atoms with Crippen molar-refractivity contribution in [3.8, 4) is 0 Å². The molecule has 0 aromatic heterocycles. The molecule has 0 aliphatic carbocycles. The van der Waals surface area contributed by atoms with Crippen LogP contribution in [0.2, 0.25) is 0 Å². The van der Waals surface area contributed by atoms with Gasteiger partial charge in [-0.1, -0.05) is 223 Å². The fourth-order valence-corrected chi connectivity index (χ4v) is 8.45. The predicted molar refractivity (Wildman–Crippen MR) is 293 cm³/mol. The number of benzene rings is 9. The molecular weight excluding hydrogens is 821 g/mol. The molecular formula is C66H56N2. The molecule has 0 atom stereocenters. The maximum absolute atomic E-state index is 2.33. The van der Waals surface area contributed by atoms with Crippen LogP contribution in [0.15, 0.2) is 255 Å². The summed E-state index contributed by atoms with van der Waals surface area (Å²) in [4.78, 5) is 4.66. The Kier molecular flexibility index (Phi) is 14.0. The highest BCUT2D eigenvalue weighted by molar-refractivity contribution is 5.85. The largest absolute Gasteiger partial charge is 0.310 e. The summed E-state index contributed by atoms with van der Waals surface area (Å²) in [6.45, 7) is 8.52. The highest BCUT2D eigenvalue weighted by atomic mass is 15.2. The van der Waals surface area contributed by atoms with E-state index in [-0.39, 0.29) is 0 Å². The standard InChI is InChI=1S/C66H56N2/c1-49-24-36-55(37-25-49)65(56-38-26-50(2)27-39-56)22-11-14-53-32-44-61(45-33-53)67(59-16-7-5-8-17-59)63-20-13-21-64(48-63)68(60-18-9-6-10-19-60)62-46-34-54(35-47-62)15-12-23-66(57-40-28-51(3)29-41-57)58-42-30-52(4)31-43-58/h5-48H,1-4H3. The fourth-order valence-electron chi connectivity index (χ4n) is 8.45. The number of hydrogen-bond acceptors (Lipinski definition) is 2. The Morgan fingerprint density at radius 1 is 0.279 bits per heavy atom. The van der Waals surface area contributed by atoms with Crippen molar-refractivity contribution in [2.75, 3.05) is 9.80 Å². The Morgan fingerprint density at radius 3 is 0.868 bits per heavy atom. The van der Waals surface area contributed by atoms with Crippen LogP contribution in [0.4, 0.5) is 34.1 Å². The van der Waals surface area contributed by atoms with Gasteiger partial charge < -0.3 is 9.80 Å². The predicted octanol–water partition coefficient (Wildman–Crippen LogP) is 18.2. The Hall–Kier alpha value is -8.46. The van der Waals surface area contributed by atoms with Crippen LogP contribution in [-0.2, 0) is 0 Å². The third-order valence-electron chi connectivity index (χ3n) is 12.2. The second kappa shape index (κ2) is 21.2. The van der Waals surface area contributed by atoms with Crippen LogP contribution in [0.1, 0.15) is 55.6 Å². The van der Waals surface area contributed by atoms with Crippen LogP contribution in [0.3, 0.4) is 0 Å². The number of para-hydroxylation sites is 2. The highest BCUT2D eigenvalue weighted by Crippen LogP contribution is 2.40. The number of nitrogens with zero attached hydrogens (tertiary/aromatic N) is 2. The van der Waals surface area contributed by atoms with Gasteiger partial charge in [-0.3, -0.25) is 0 Å². The van der Waals surface area contributed by atoms with Crippen molar-refractivity contribution >= 4 is 57.4 Å². The van der Waals surface area contributed by atoms with Gasteiger partial charge in [0.15, 0.2) is 0 Å². The summed E-state index contributed by atoms with van der Waals surface area (Å²) < 4.78 is 0. The van der Waals surface area contributed by atoms with E-state index >= 15 is 0 Å². The van der Waals surface area contributed by atoms with E-state index in [0.717, 1.165) is 45.3 Å².